The molecule has 0 aliphatic carbocycles. The molecule has 1 aliphatic rings. The first-order chi connectivity index (χ1) is 9.25. The highest BCUT2D eigenvalue weighted by atomic mass is 16.4. The van der Waals surface area contributed by atoms with Gasteiger partial charge in [0.1, 0.15) is 12.1 Å². The molecule has 2 rings (SSSR count). The smallest absolute Gasteiger partial charge is 0.325 e. The molecule has 0 unspecified atom stereocenters. The molecule has 0 bridgehead atoms. The third-order valence-electron chi connectivity index (χ3n) is 3.49. The third kappa shape index (κ3) is 2.13. The molecular formula is C14H16N2O4. The number of carbonyl (C=O) groups is 3. The number of benzene rings is 1. The zero-order valence-corrected chi connectivity index (χ0v) is 11.6. The molecule has 0 spiro atoms. The first kappa shape index (κ1) is 14.0. The molecule has 1 heterocycles. The summed E-state index contributed by atoms with van der Waals surface area (Å²) in [6.45, 7) is 4.75. The van der Waals surface area contributed by atoms with Crippen LogP contribution in [0.1, 0.15) is 23.6 Å². The van der Waals surface area contributed by atoms with Crippen molar-refractivity contribution in [2.45, 2.75) is 26.3 Å². The number of nitrogens with one attached hydrogen (secondary N) is 1. The summed E-state index contributed by atoms with van der Waals surface area (Å²) in [6, 6.07) is 4.87. The van der Waals surface area contributed by atoms with Crippen LogP contribution < -0.4 is 5.32 Å². The Kier molecular flexibility index (Phi) is 3.25. The molecule has 1 atom stereocenters. The Morgan fingerprint density at radius 3 is 2.55 bits per heavy atom. The van der Waals surface area contributed by atoms with Gasteiger partial charge in [-0.2, -0.15) is 0 Å². The molecule has 1 aromatic carbocycles. The van der Waals surface area contributed by atoms with Gasteiger partial charge in [0.2, 0.25) is 0 Å². The molecule has 106 valence electrons. The van der Waals surface area contributed by atoms with Crippen LogP contribution in [-0.4, -0.2) is 34.5 Å². The van der Waals surface area contributed by atoms with Crippen LogP contribution in [0, 0.1) is 13.8 Å². The van der Waals surface area contributed by atoms with Crippen LogP contribution in [0.25, 0.3) is 0 Å². The number of rotatable bonds is 3. The quantitative estimate of drug-likeness (QED) is 0.811. The number of hydrogen-bond donors (Lipinski definition) is 2. The fraction of sp³-hybridized carbons (Fsp3) is 0.357. The van der Waals surface area contributed by atoms with E-state index in [1.54, 1.807) is 13.0 Å². The van der Waals surface area contributed by atoms with Crippen LogP contribution in [-0.2, 0) is 15.1 Å². The zero-order valence-electron chi connectivity index (χ0n) is 11.6. The number of imide groups is 1. The SMILES string of the molecule is Cc1ccc([C@]2(C)NC(=O)N(CC(=O)O)C2=O)c(C)c1. The summed E-state index contributed by atoms with van der Waals surface area (Å²) in [5.41, 5.74) is 1.38. The number of urea groups is 1. The van der Waals surface area contributed by atoms with Crippen molar-refractivity contribution in [3.63, 3.8) is 0 Å². The van der Waals surface area contributed by atoms with Gasteiger partial charge in [0.15, 0.2) is 0 Å². The first-order valence-electron chi connectivity index (χ1n) is 6.19. The highest BCUT2D eigenvalue weighted by Gasteiger charge is 2.50. The van der Waals surface area contributed by atoms with Crippen LogP contribution in [0.5, 0.6) is 0 Å². The number of aryl methyl sites for hydroxylation is 2. The van der Waals surface area contributed by atoms with Gasteiger partial charge < -0.3 is 10.4 Å². The summed E-state index contributed by atoms with van der Waals surface area (Å²) in [4.78, 5) is 35.7. The van der Waals surface area contributed by atoms with Gasteiger partial charge in [-0.05, 0) is 31.9 Å². The van der Waals surface area contributed by atoms with E-state index >= 15 is 0 Å². The lowest BCUT2D eigenvalue weighted by Crippen LogP contribution is -2.42. The van der Waals surface area contributed by atoms with Crippen molar-refractivity contribution < 1.29 is 19.5 Å². The molecule has 20 heavy (non-hydrogen) atoms. The van der Waals surface area contributed by atoms with E-state index < -0.39 is 30.0 Å². The molecule has 6 heteroatoms. The molecule has 0 radical (unpaired) electrons. The average molecular weight is 276 g/mol. The van der Waals surface area contributed by atoms with Crippen molar-refractivity contribution >= 4 is 17.9 Å². The number of hydrogen-bond acceptors (Lipinski definition) is 3. The predicted molar refractivity (Wildman–Crippen MR) is 71.1 cm³/mol. The maximum absolute atomic E-state index is 12.4. The van der Waals surface area contributed by atoms with E-state index in [4.69, 9.17) is 5.11 Å². The van der Waals surface area contributed by atoms with Gasteiger partial charge in [-0.15, -0.1) is 0 Å². The highest BCUT2D eigenvalue weighted by Crippen LogP contribution is 2.31. The van der Waals surface area contributed by atoms with Crippen LogP contribution in [0.15, 0.2) is 18.2 Å². The average Bonchev–Trinajstić information content (AvgIpc) is 2.53. The summed E-state index contributed by atoms with van der Waals surface area (Å²) >= 11 is 0. The molecule has 1 saturated heterocycles. The van der Waals surface area contributed by atoms with E-state index in [1.165, 1.54) is 0 Å². The molecule has 3 amide bonds. The normalized spacial score (nSPS) is 22.1. The summed E-state index contributed by atoms with van der Waals surface area (Å²) in [7, 11) is 0. The van der Waals surface area contributed by atoms with E-state index in [9.17, 15) is 14.4 Å². The fourth-order valence-corrected chi connectivity index (χ4v) is 2.53. The van der Waals surface area contributed by atoms with Crippen molar-refractivity contribution in [1.29, 1.82) is 0 Å². The Bertz CT molecular complexity index is 611. The van der Waals surface area contributed by atoms with Crippen LogP contribution in [0.2, 0.25) is 0 Å². The second-order valence-corrected chi connectivity index (χ2v) is 5.16. The largest absolute Gasteiger partial charge is 0.480 e. The highest BCUT2D eigenvalue weighted by molar-refractivity contribution is 6.08. The summed E-state index contributed by atoms with van der Waals surface area (Å²) < 4.78 is 0. The maximum Gasteiger partial charge on any atom is 0.325 e. The maximum atomic E-state index is 12.4. The minimum absolute atomic E-state index is 0.545. The van der Waals surface area contributed by atoms with Crippen LogP contribution in [0.3, 0.4) is 0 Å². The van der Waals surface area contributed by atoms with Gasteiger partial charge in [0.05, 0.1) is 0 Å². The van der Waals surface area contributed by atoms with E-state index in [-0.39, 0.29) is 0 Å². The van der Waals surface area contributed by atoms with Crippen molar-refractivity contribution in [1.82, 2.24) is 10.2 Å². The topological polar surface area (TPSA) is 86.7 Å². The standard InChI is InChI=1S/C14H16N2O4/c1-8-4-5-10(9(2)6-8)14(3)12(19)16(7-11(17)18)13(20)15-14/h4-6H,7H2,1-3H3,(H,15,20)(H,17,18)/t14-/m0/s1. The van der Waals surface area contributed by atoms with Crippen molar-refractivity contribution in [2.75, 3.05) is 6.54 Å². The van der Waals surface area contributed by atoms with Crippen LogP contribution in [0.4, 0.5) is 4.79 Å². The number of amides is 3. The Morgan fingerprint density at radius 2 is 2.00 bits per heavy atom. The molecule has 0 aromatic heterocycles. The lowest BCUT2D eigenvalue weighted by Gasteiger charge is -2.24. The third-order valence-corrected chi connectivity index (χ3v) is 3.49. The zero-order chi connectivity index (χ0) is 15.1. The predicted octanol–water partition coefficient (Wildman–Crippen LogP) is 1.16. The molecular weight excluding hydrogens is 260 g/mol. The number of carboxylic acids is 1. The lowest BCUT2D eigenvalue weighted by atomic mass is 9.88. The van der Waals surface area contributed by atoms with E-state index in [0.29, 0.717) is 5.56 Å². The second kappa shape index (κ2) is 4.63. The van der Waals surface area contributed by atoms with Crippen molar-refractivity contribution in [2.24, 2.45) is 0 Å². The monoisotopic (exact) mass is 276 g/mol. The van der Waals surface area contributed by atoms with E-state index in [0.717, 1.165) is 16.0 Å². The molecule has 2 N–H and O–H groups in total. The Hall–Kier alpha value is -2.37. The van der Waals surface area contributed by atoms with Gasteiger partial charge in [-0.1, -0.05) is 23.8 Å². The molecule has 1 fully saturated rings. The van der Waals surface area contributed by atoms with Gasteiger partial charge in [-0.3, -0.25) is 14.5 Å². The first-order valence-corrected chi connectivity index (χ1v) is 6.19. The number of aliphatic carboxylic acids is 1. The van der Waals surface area contributed by atoms with E-state index in [1.807, 2.05) is 26.0 Å². The molecule has 1 aliphatic heterocycles. The number of nitrogens with zero attached hydrogens (tertiary/aromatic N) is 1. The Labute approximate surface area is 116 Å². The molecule has 6 nitrogen and oxygen atoms in total. The lowest BCUT2D eigenvalue weighted by molar-refractivity contribution is -0.142. The fourth-order valence-electron chi connectivity index (χ4n) is 2.53. The van der Waals surface area contributed by atoms with Gasteiger partial charge in [0, 0.05) is 0 Å². The molecule has 1 aromatic rings. The van der Waals surface area contributed by atoms with E-state index in [2.05, 4.69) is 5.32 Å². The van der Waals surface area contributed by atoms with Crippen LogP contribution >= 0.6 is 0 Å². The summed E-state index contributed by atoms with van der Waals surface area (Å²) in [6.07, 6.45) is 0. The van der Waals surface area contributed by atoms with Gasteiger partial charge >= 0.3 is 12.0 Å². The summed E-state index contributed by atoms with van der Waals surface area (Å²) in [5.74, 6) is -1.77. The van der Waals surface area contributed by atoms with Gasteiger partial charge in [0.25, 0.3) is 5.91 Å². The second-order valence-electron chi connectivity index (χ2n) is 5.16. The number of carboxylic acid groups (broad SMARTS) is 1. The number of carbonyl (C=O) groups excluding carboxylic acids is 2. The van der Waals surface area contributed by atoms with Crippen molar-refractivity contribution in [3.8, 4) is 0 Å². The van der Waals surface area contributed by atoms with Gasteiger partial charge in [-0.25, -0.2) is 4.79 Å². The molecule has 0 saturated carbocycles. The summed E-state index contributed by atoms with van der Waals surface area (Å²) in [5, 5.41) is 11.4. The van der Waals surface area contributed by atoms with Crippen molar-refractivity contribution in [3.05, 3.63) is 34.9 Å². The Balaban J connectivity index is 2.43. The minimum Gasteiger partial charge on any atom is -0.480 e. The minimum atomic E-state index is -1.22. The Morgan fingerprint density at radius 1 is 1.35 bits per heavy atom.